The van der Waals surface area contributed by atoms with Gasteiger partial charge in [-0.25, -0.2) is 4.79 Å². The fraction of sp³-hybridized carbons (Fsp3) is 0.526. The standard InChI is InChI=1S/C19H28N2O4/c1-11(2)8-16(20-14(5)22)18(23)21-17(19(24)25)10-15-7-6-12(3)13(4)9-15/h6-7,9,11,16-17H,8,10H2,1-5H3,(H,20,22)(H,21,23)(H,24,25)/t16-,17-/m0/s1. The number of carbonyl (C=O) groups is 3. The highest BCUT2D eigenvalue weighted by molar-refractivity contribution is 5.90. The van der Waals surface area contributed by atoms with E-state index >= 15 is 0 Å². The summed E-state index contributed by atoms with van der Waals surface area (Å²) in [6, 6.07) is 3.95. The molecule has 6 heteroatoms. The van der Waals surface area contributed by atoms with Crippen LogP contribution in [-0.4, -0.2) is 35.0 Å². The van der Waals surface area contributed by atoms with E-state index in [0.717, 1.165) is 16.7 Å². The van der Waals surface area contributed by atoms with Crippen LogP contribution in [0.5, 0.6) is 0 Å². The largest absolute Gasteiger partial charge is 0.480 e. The van der Waals surface area contributed by atoms with E-state index in [1.807, 2.05) is 45.9 Å². The number of nitrogens with one attached hydrogen (secondary N) is 2. The van der Waals surface area contributed by atoms with Crippen LogP contribution < -0.4 is 10.6 Å². The van der Waals surface area contributed by atoms with E-state index in [1.54, 1.807) is 0 Å². The van der Waals surface area contributed by atoms with Crippen LogP contribution >= 0.6 is 0 Å². The Morgan fingerprint density at radius 2 is 1.68 bits per heavy atom. The Bertz CT molecular complexity index is 640. The zero-order chi connectivity index (χ0) is 19.1. The van der Waals surface area contributed by atoms with Crippen molar-refractivity contribution in [2.24, 2.45) is 5.92 Å². The normalized spacial score (nSPS) is 13.2. The number of amides is 2. The van der Waals surface area contributed by atoms with E-state index in [4.69, 9.17) is 0 Å². The second kappa shape index (κ2) is 9.20. The van der Waals surface area contributed by atoms with Crippen molar-refractivity contribution >= 4 is 17.8 Å². The Balaban J connectivity index is 2.87. The van der Waals surface area contributed by atoms with Crippen molar-refractivity contribution < 1.29 is 19.5 Å². The van der Waals surface area contributed by atoms with Gasteiger partial charge in [0.25, 0.3) is 0 Å². The summed E-state index contributed by atoms with van der Waals surface area (Å²) in [7, 11) is 0. The molecule has 6 nitrogen and oxygen atoms in total. The average molecular weight is 348 g/mol. The molecule has 2 atom stereocenters. The van der Waals surface area contributed by atoms with Crippen LogP contribution in [0.4, 0.5) is 0 Å². The van der Waals surface area contributed by atoms with E-state index in [-0.39, 0.29) is 18.2 Å². The number of carboxylic acid groups (broad SMARTS) is 1. The Labute approximate surface area is 149 Å². The summed E-state index contributed by atoms with van der Waals surface area (Å²) in [5.41, 5.74) is 3.04. The van der Waals surface area contributed by atoms with Gasteiger partial charge in [0.05, 0.1) is 0 Å². The van der Waals surface area contributed by atoms with E-state index in [9.17, 15) is 19.5 Å². The van der Waals surface area contributed by atoms with Crippen molar-refractivity contribution in [1.82, 2.24) is 10.6 Å². The van der Waals surface area contributed by atoms with Gasteiger partial charge < -0.3 is 15.7 Å². The molecule has 0 saturated carbocycles. The van der Waals surface area contributed by atoms with Crippen molar-refractivity contribution in [3.8, 4) is 0 Å². The topological polar surface area (TPSA) is 95.5 Å². The summed E-state index contributed by atoms with van der Waals surface area (Å²) in [5, 5.41) is 14.6. The molecule has 1 rings (SSSR count). The zero-order valence-corrected chi connectivity index (χ0v) is 15.6. The van der Waals surface area contributed by atoms with Crippen LogP contribution in [0.25, 0.3) is 0 Å². The van der Waals surface area contributed by atoms with Gasteiger partial charge in [-0.2, -0.15) is 0 Å². The third-order valence-electron chi connectivity index (χ3n) is 4.03. The maximum Gasteiger partial charge on any atom is 0.326 e. The Morgan fingerprint density at radius 1 is 1.04 bits per heavy atom. The molecule has 0 unspecified atom stereocenters. The van der Waals surface area contributed by atoms with Crippen molar-refractivity contribution in [2.45, 2.75) is 59.5 Å². The highest BCUT2D eigenvalue weighted by Crippen LogP contribution is 2.12. The number of carboxylic acids is 1. The highest BCUT2D eigenvalue weighted by Gasteiger charge is 2.26. The number of rotatable bonds is 8. The average Bonchev–Trinajstić information content (AvgIpc) is 2.48. The molecule has 2 amide bonds. The predicted octanol–water partition coefficient (Wildman–Crippen LogP) is 1.97. The lowest BCUT2D eigenvalue weighted by molar-refractivity contribution is -0.142. The molecule has 0 saturated heterocycles. The Hall–Kier alpha value is -2.37. The van der Waals surface area contributed by atoms with E-state index < -0.39 is 24.0 Å². The molecule has 0 fully saturated rings. The Kier molecular flexibility index (Phi) is 7.61. The van der Waals surface area contributed by atoms with E-state index in [2.05, 4.69) is 10.6 Å². The van der Waals surface area contributed by atoms with Crippen LogP contribution in [0, 0.1) is 19.8 Å². The number of benzene rings is 1. The first-order valence-corrected chi connectivity index (χ1v) is 8.46. The molecule has 3 N–H and O–H groups in total. The first kappa shape index (κ1) is 20.7. The van der Waals surface area contributed by atoms with Gasteiger partial charge in [-0.1, -0.05) is 32.0 Å². The second-order valence-corrected chi connectivity index (χ2v) is 6.90. The predicted molar refractivity (Wildman–Crippen MR) is 96.2 cm³/mol. The van der Waals surface area contributed by atoms with Crippen LogP contribution in [0.2, 0.25) is 0 Å². The minimum Gasteiger partial charge on any atom is -0.480 e. The zero-order valence-electron chi connectivity index (χ0n) is 15.6. The smallest absolute Gasteiger partial charge is 0.326 e. The second-order valence-electron chi connectivity index (χ2n) is 6.90. The van der Waals surface area contributed by atoms with Crippen molar-refractivity contribution in [3.05, 3.63) is 34.9 Å². The van der Waals surface area contributed by atoms with Gasteiger partial charge in [0.1, 0.15) is 12.1 Å². The minimum absolute atomic E-state index is 0.186. The summed E-state index contributed by atoms with van der Waals surface area (Å²) in [5.74, 6) is -1.70. The number of carbonyl (C=O) groups excluding carboxylic acids is 2. The number of aryl methyl sites for hydroxylation is 2. The molecule has 0 aromatic heterocycles. The molecule has 1 aromatic rings. The first-order valence-electron chi connectivity index (χ1n) is 8.46. The molecule has 0 aliphatic rings. The van der Waals surface area contributed by atoms with Crippen molar-refractivity contribution in [1.29, 1.82) is 0 Å². The molecule has 0 aliphatic heterocycles. The number of hydrogen-bond donors (Lipinski definition) is 3. The maximum atomic E-state index is 12.5. The lowest BCUT2D eigenvalue weighted by Crippen LogP contribution is -2.52. The van der Waals surface area contributed by atoms with Gasteiger partial charge in [0.2, 0.25) is 11.8 Å². The molecule has 25 heavy (non-hydrogen) atoms. The van der Waals surface area contributed by atoms with Gasteiger partial charge in [0, 0.05) is 13.3 Å². The maximum absolute atomic E-state index is 12.5. The minimum atomic E-state index is -1.10. The summed E-state index contributed by atoms with van der Waals surface area (Å²) < 4.78 is 0. The molecule has 138 valence electrons. The Morgan fingerprint density at radius 3 is 2.16 bits per heavy atom. The fourth-order valence-corrected chi connectivity index (χ4v) is 2.59. The van der Waals surface area contributed by atoms with Crippen LogP contribution in [0.15, 0.2) is 18.2 Å². The molecule has 0 spiro atoms. The SMILES string of the molecule is CC(=O)N[C@@H](CC(C)C)C(=O)N[C@@H](Cc1ccc(C)c(C)c1)C(=O)O. The molecule has 0 aliphatic carbocycles. The molecule has 0 radical (unpaired) electrons. The molecule has 0 heterocycles. The molecule has 1 aromatic carbocycles. The highest BCUT2D eigenvalue weighted by atomic mass is 16.4. The third kappa shape index (κ3) is 6.95. The molecule has 0 bridgehead atoms. The molecular formula is C19H28N2O4. The lowest BCUT2D eigenvalue weighted by atomic mass is 9.99. The van der Waals surface area contributed by atoms with Gasteiger partial charge >= 0.3 is 5.97 Å². The van der Waals surface area contributed by atoms with Crippen molar-refractivity contribution in [3.63, 3.8) is 0 Å². The van der Waals surface area contributed by atoms with Crippen LogP contribution in [0.1, 0.15) is 43.9 Å². The van der Waals surface area contributed by atoms with E-state index in [1.165, 1.54) is 6.92 Å². The van der Waals surface area contributed by atoms with Gasteiger partial charge in [-0.05, 0) is 42.9 Å². The van der Waals surface area contributed by atoms with Crippen LogP contribution in [-0.2, 0) is 20.8 Å². The van der Waals surface area contributed by atoms with Gasteiger partial charge in [-0.3, -0.25) is 9.59 Å². The summed E-state index contributed by atoms with van der Waals surface area (Å²) in [4.78, 5) is 35.3. The fourth-order valence-electron chi connectivity index (χ4n) is 2.59. The van der Waals surface area contributed by atoms with Gasteiger partial charge in [-0.15, -0.1) is 0 Å². The van der Waals surface area contributed by atoms with Crippen molar-refractivity contribution in [2.75, 3.05) is 0 Å². The number of aliphatic carboxylic acids is 1. The lowest BCUT2D eigenvalue weighted by Gasteiger charge is -2.22. The van der Waals surface area contributed by atoms with Crippen LogP contribution in [0.3, 0.4) is 0 Å². The number of hydrogen-bond acceptors (Lipinski definition) is 3. The third-order valence-corrected chi connectivity index (χ3v) is 4.03. The monoisotopic (exact) mass is 348 g/mol. The molecular weight excluding hydrogens is 320 g/mol. The summed E-state index contributed by atoms with van der Waals surface area (Å²) in [6.45, 7) is 9.16. The summed E-state index contributed by atoms with van der Waals surface area (Å²) >= 11 is 0. The first-order chi connectivity index (χ1) is 11.6. The summed E-state index contributed by atoms with van der Waals surface area (Å²) in [6.07, 6.45) is 0.637. The quantitative estimate of drug-likeness (QED) is 0.669. The van der Waals surface area contributed by atoms with Gasteiger partial charge in [0.15, 0.2) is 0 Å². The van der Waals surface area contributed by atoms with E-state index in [0.29, 0.717) is 6.42 Å².